The Labute approximate surface area is 159 Å². The first kappa shape index (κ1) is 18.6. The predicted octanol–water partition coefficient (Wildman–Crippen LogP) is 3.63. The third-order valence-electron chi connectivity index (χ3n) is 4.64. The van der Waals surface area contributed by atoms with Crippen molar-refractivity contribution in [2.45, 2.75) is 20.4 Å². The smallest absolute Gasteiger partial charge is 0.259 e. The molecule has 0 radical (unpaired) electrons. The van der Waals surface area contributed by atoms with E-state index in [9.17, 15) is 4.79 Å². The lowest BCUT2D eigenvalue weighted by Gasteiger charge is -2.15. The summed E-state index contributed by atoms with van der Waals surface area (Å²) in [5.41, 5.74) is 5.39. The van der Waals surface area contributed by atoms with Gasteiger partial charge in [-0.15, -0.1) is 0 Å². The van der Waals surface area contributed by atoms with E-state index in [-0.39, 0.29) is 5.91 Å². The van der Waals surface area contributed by atoms with Gasteiger partial charge in [0.25, 0.3) is 11.8 Å². The highest BCUT2D eigenvalue weighted by Crippen LogP contribution is 2.35. The van der Waals surface area contributed by atoms with Crippen molar-refractivity contribution in [1.82, 2.24) is 9.88 Å². The van der Waals surface area contributed by atoms with Crippen molar-refractivity contribution in [1.29, 1.82) is 0 Å². The summed E-state index contributed by atoms with van der Waals surface area (Å²) in [5.74, 6) is 1.02. The van der Waals surface area contributed by atoms with Crippen LogP contribution >= 0.6 is 0 Å². The lowest BCUT2D eigenvalue weighted by molar-refractivity contribution is 0.0834. The maximum atomic E-state index is 12.9. The molecule has 3 rings (SSSR count). The summed E-state index contributed by atoms with van der Waals surface area (Å²) in [6.45, 7) is 4.39. The van der Waals surface area contributed by atoms with Crippen molar-refractivity contribution >= 4 is 12.1 Å². The van der Waals surface area contributed by atoms with Crippen LogP contribution in [0.15, 0.2) is 41.2 Å². The number of aryl methyl sites for hydroxylation is 1. The van der Waals surface area contributed by atoms with Crippen molar-refractivity contribution in [2.24, 2.45) is 4.99 Å². The number of methoxy groups -OCH3 is 2. The number of hydrogen-bond acceptors (Lipinski definition) is 5. The minimum atomic E-state index is 0.00693. The van der Waals surface area contributed by atoms with Crippen molar-refractivity contribution in [2.75, 3.05) is 21.3 Å². The van der Waals surface area contributed by atoms with Crippen molar-refractivity contribution < 1.29 is 14.3 Å². The number of amides is 1. The Morgan fingerprint density at radius 2 is 2.00 bits per heavy atom. The normalized spacial score (nSPS) is 14.0. The molecule has 1 aromatic carbocycles. The third-order valence-corrected chi connectivity index (χ3v) is 4.64. The van der Waals surface area contributed by atoms with Crippen molar-refractivity contribution in [3.05, 3.63) is 52.9 Å². The summed E-state index contributed by atoms with van der Waals surface area (Å²) in [5, 5.41) is 0. The van der Waals surface area contributed by atoms with Gasteiger partial charge in [-0.25, -0.2) is 4.98 Å². The highest BCUT2D eigenvalue weighted by Gasteiger charge is 2.31. The zero-order chi connectivity index (χ0) is 19.6. The van der Waals surface area contributed by atoms with E-state index in [1.165, 1.54) is 0 Å². The van der Waals surface area contributed by atoms with Gasteiger partial charge in [0.05, 0.1) is 26.5 Å². The number of aliphatic imine (C=N–C) groups is 1. The standard InChI is InChI=1S/C21H23N3O3/c1-6-17(11-22-3)24-12-16-8-14(7-13(2)19(16)21(24)25)15-9-18(26-4)20(27-5)23-10-15/h6-11H,12H2,1-5H3/b17-6+,22-11?. The number of allylic oxidation sites excluding steroid dienone is 2. The van der Waals surface area contributed by atoms with Crippen molar-refractivity contribution in [3.63, 3.8) is 0 Å². The number of fused-ring (bicyclic) bond motifs is 1. The molecule has 0 N–H and O–H groups in total. The summed E-state index contributed by atoms with van der Waals surface area (Å²) >= 11 is 0. The number of aromatic nitrogens is 1. The zero-order valence-electron chi connectivity index (χ0n) is 16.2. The Balaban J connectivity index is 2.04. The van der Waals surface area contributed by atoms with Crippen LogP contribution in [0.5, 0.6) is 11.6 Å². The summed E-state index contributed by atoms with van der Waals surface area (Å²) in [7, 11) is 4.84. The Morgan fingerprint density at radius 3 is 2.63 bits per heavy atom. The van der Waals surface area contributed by atoms with Crippen LogP contribution in [-0.2, 0) is 6.54 Å². The number of carbonyl (C=O) groups excluding carboxylic acids is 1. The SMILES string of the molecule is C/C=C(\C=NC)N1Cc2cc(-c3cnc(OC)c(OC)c3)cc(C)c2C1=O. The van der Waals surface area contributed by atoms with E-state index in [1.807, 2.05) is 38.1 Å². The Bertz CT molecular complexity index is 948. The van der Waals surface area contributed by atoms with Crippen LogP contribution in [0.1, 0.15) is 28.4 Å². The van der Waals surface area contributed by atoms with E-state index >= 15 is 0 Å². The van der Waals surface area contributed by atoms with Gasteiger partial charge in [0.2, 0.25) is 0 Å². The molecule has 140 valence electrons. The van der Waals surface area contributed by atoms with E-state index in [0.29, 0.717) is 18.2 Å². The summed E-state index contributed by atoms with van der Waals surface area (Å²) in [6, 6.07) is 5.94. The maximum Gasteiger partial charge on any atom is 0.259 e. The number of benzene rings is 1. The second kappa shape index (κ2) is 7.61. The lowest BCUT2D eigenvalue weighted by atomic mass is 9.97. The van der Waals surface area contributed by atoms with Gasteiger partial charge in [0, 0.05) is 30.6 Å². The molecule has 0 atom stereocenters. The van der Waals surface area contributed by atoms with E-state index in [4.69, 9.17) is 9.47 Å². The highest BCUT2D eigenvalue weighted by atomic mass is 16.5. The van der Waals surface area contributed by atoms with Gasteiger partial charge in [0.15, 0.2) is 5.75 Å². The number of nitrogens with zero attached hydrogens (tertiary/aromatic N) is 3. The van der Waals surface area contributed by atoms with E-state index in [2.05, 4.69) is 9.98 Å². The molecule has 0 fully saturated rings. The molecule has 0 spiro atoms. The zero-order valence-corrected chi connectivity index (χ0v) is 16.2. The fourth-order valence-corrected chi connectivity index (χ4v) is 3.37. The van der Waals surface area contributed by atoms with Crippen molar-refractivity contribution in [3.8, 4) is 22.8 Å². The first-order valence-electron chi connectivity index (χ1n) is 8.66. The topological polar surface area (TPSA) is 64.0 Å². The summed E-state index contributed by atoms with van der Waals surface area (Å²) in [6.07, 6.45) is 5.35. The molecule has 0 bridgehead atoms. The second-order valence-electron chi connectivity index (χ2n) is 6.25. The molecule has 2 aromatic rings. The Kier molecular flexibility index (Phi) is 5.26. The van der Waals surface area contributed by atoms with Gasteiger partial charge in [-0.2, -0.15) is 0 Å². The fraction of sp³-hybridized carbons (Fsp3) is 0.286. The molecule has 0 saturated carbocycles. The second-order valence-corrected chi connectivity index (χ2v) is 6.25. The van der Waals surface area contributed by atoms with E-state index in [0.717, 1.165) is 33.5 Å². The van der Waals surface area contributed by atoms with Crippen LogP contribution in [-0.4, -0.2) is 43.3 Å². The van der Waals surface area contributed by atoms with E-state index in [1.54, 1.807) is 38.6 Å². The van der Waals surface area contributed by atoms with Gasteiger partial charge >= 0.3 is 0 Å². The molecule has 6 nitrogen and oxygen atoms in total. The first-order chi connectivity index (χ1) is 13.0. The molecule has 0 unspecified atom stereocenters. The average molecular weight is 365 g/mol. The van der Waals surface area contributed by atoms with Gasteiger partial charge in [-0.1, -0.05) is 12.1 Å². The van der Waals surface area contributed by atoms with Gasteiger partial charge < -0.3 is 14.4 Å². The molecule has 6 heteroatoms. The third kappa shape index (κ3) is 3.30. The lowest BCUT2D eigenvalue weighted by Crippen LogP contribution is -2.24. The number of hydrogen-bond donors (Lipinski definition) is 0. The molecule has 1 aliphatic heterocycles. The number of carbonyl (C=O) groups is 1. The summed E-state index contributed by atoms with van der Waals surface area (Å²) < 4.78 is 10.6. The molecular formula is C21H23N3O3. The average Bonchev–Trinajstić information content (AvgIpc) is 3.02. The summed E-state index contributed by atoms with van der Waals surface area (Å²) in [4.78, 5) is 23.0. The van der Waals surface area contributed by atoms with Crippen LogP contribution in [0.3, 0.4) is 0 Å². The van der Waals surface area contributed by atoms with Crippen LogP contribution in [0, 0.1) is 6.92 Å². The van der Waals surface area contributed by atoms with Crippen LogP contribution in [0.4, 0.5) is 0 Å². The van der Waals surface area contributed by atoms with Crippen LogP contribution in [0.2, 0.25) is 0 Å². The minimum absolute atomic E-state index is 0.00693. The maximum absolute atomic E-state index is 12.9. The Hall–Kier alpha value is -3.15. The predicted molar refractivity (Wildman–Crippen MR) is 106 cm³/mol. The monoisotopic (exact) mass is 365 g/mol. The number of rotatable bonds is 5. The van der Waals surface area contributed by atoms with Gasteiger partial charge in [-0.3, -0.25) is 9.79 Å². The molecule has 27 heavy (non-hydrogen) atoms. The highest BCUT2D eigenvalue weighted by molar-refractivity contribution is 6.04. The molecule has 0 aliphatic carbocycles. The molecule has 2 heterocycles. The largest absolute Gasteiger partial charge is 0.491 e. The first-order valence-corrected chi connectivity index (χ1v) is 8.66. The van der Waals surface area contributed by atoms with Crippen LogP contribution < -0.4 is 9.47 Å². The molecule has 0 saturated heterocycles. The quantitative estimate of drug-likeness (QED) is 0.759. The van der Waals surface area contributed by atoms with Gasteiger partial charge in [0.1, 0.15) is 0 Å². The fourth-order valence-electron chi connectivity index (χ4n) is 3.37. The number of ether oxygens (including phenoxy) is 2. The molecular weight excluding hydrogens is 342 g/mol. The van der Waals surface area contributed by atoms with Gasteiger partial charge in [-0.05, 0) is 42.7 Å². The molecule has 1 aromatic heterocycles. The van der Waals surface area contributed by atoms with E-state index < -0.39 is 0 Å². The molecule has 1 amide bonds. The minimum Gasteiger partial charge on any atom is -0.491 e. The van der Waals surface area contributed by atoms with Crippen LogP contribution in [0.25, 0.3) is 11.1 Å². The molecule has 1 aliphatic rings. The Morgan fingerprint density at radius 1 is 1.22 bits per heavy atom. The number of pyridine rings is 1.